The van der Waals surface area contributed by atoms with E-state index in [1.54, 1.807) is 0 Å². The first-order chi connectivity index (χ1) is 6.45. The van der Waals surface area contributed by atoms with Crippen molar-refractivity contribution in [2.75, 3.05) is 0 Å². The van der Waals surface area contributed by atoms with E-state index in [-0.39, 0.29) is 12.3 Å². The van der Waals surface area contributed by atoms with Crippen molar-refractivity contribution in [3.63, 3.8) is 0 Å². The van der Waals surface area contributed by atoms with Crippen molar-refractivity contribution in [3.8, 4) is 6.07 Å². The number of nitrogens with zero attached hydrogens (tertiary/aromatic N) is 1. The first-order valence-electron chi connectivity index (χ1n) is 5.07. The minimum Gasteiger partial charge on any atom is -0.481 e. The Bertz CT molecular complexity index is 218. The second kappa shape index (κ2) is 6.42. The topological polar surface area (TPSA) is 61.1 Å². The minimum absolute atomic E-state index is 0.0288. The smallest absolute Gasteiger partial charge is 0.304 e. The first kappa shape index (κ1) is 13.0. The van der Waals surface area contributed by atoms with Crippen molar-refractivity contribution in [1.29, 1.82) is 5.26 Å². The van der Waals surface area contributed by atoms with E-state index >= 15 is 0 Å². The van der Waals surface area contributed by atoms with Gasteiger partial charge in [0.15, 0.2) is 0 Å². The Morgan fingerprint density at radius 1 is 1.36 bits per heavy atom. The molecule has 0 fully saturated rings. The molecule has 0 saturated carbocycles. The SMILES string of the molecule is CC(C)C[C@@H](C)C[C@@H](C#N)CC(=O)O. The second-order valence-electron chi connectivity index (χ2n) is 4.39. The zero-order valence-electron chi connectivity index (χ0n) is 9.16. The van der Waals surface area contributed by atoms with Crippen LogP contribution in [-0.4, -0.2) is 11.1 Å². The monoisotopic (exact) mass is 197 g/mol. The molecule has 0 aliphatic rings. The van der Waals surface area contributed by atoms with Crippen LogP contribution in [-0.2, 0) is 4.79 Å². The molecule has 0 heterocycles. The molecule has 14 heavy (non-hydrogen) atoms. The van der Waals surface area contributed by atoms with Crippen molar-refractivity contribution < 1.29 is 9.90 Å². The van der Waals surface area contributed by atoms with Gasteiger partial charge in [-0.2, -0.15) is 5.26 Å². The fourth-order valence-corrected chi connectivity index (χ4v) is 1.78. The first-order valence-corrected chi connectivity index (χ1v) is 5.07. The van der Waals surface area contributed by atoms with Crippen LogP contribution in [0, 0.1) is 29.1 Å². The van der Waals surface area contributed by atoms with Gasteiger partial charge in [-0.05, 0) is 24.7 Å². The molecule has 0 aromatic carbocycles. The average molecular weight is 197 g/mol. The molecule has 3 nitrogen and oxygen atoms in total. The quantitative estimate of drug-likeness (QED) is 0.712. The highest BCUT2D eigenvalue weighted by Gasteiger charge is 2.16. The number of rotatable bonds is 6. The van der Waals surface area contributed by atoms with Crippen molar-refractivity contribution in [3.05, 3.63) is 0 Å². The zero-order chi connectivity index (χ0) is 11.1. The third-order valence-electron chi connectivity index (χ3n) is 2.16. The third-order valence-corrected chi connectivity index (χ3v) is 2.16. The van der Waals surface area contributed by atoms with Crippen LogP contribution in [0.3, 0.4) is 0 Å². The van der Waals surface area contributed by atoms with E-state index in [4.69, 9.17) is 10.4 Å². The molecule has 0 rings (SSSR count). The molecular weight excluding hydrogens is 178 g/mol. The van der Waals surface area contributed by atoms with Gasteiger partial charge in [-0.25, -0.2) is 0 Å². The maximum atomic E-state index is 10.4. The molecule has 0 aliphatic heterocycles. The van der Waals surface area contributed by atoms with Crippen LogP contribution in [0.25, 0.3) is 0 Å². The van der Waals surface area contributed by atoms with E-state index in [2.05, 4.69) is 26.8 Å². The fraction of sp³-hybridized carbons (Fsp3) is 0.818. The normalized spacial score (nSPS) is 14.8. The molecule has 0 aliphatic carbocycles. The molecule has 0 radical (unpaired) electrons. The number of nitriles is 1. The summed E-state index contributed by atoms with van der Waals surface area (Å²) in [7, 11) is 0. The lowest BCUT2D eigenvalue weighted by Crippen LogP contribution is -2.11. The summed E-state index contributed by atoms with van der Waals surface area (Å²) in [6.07, 6.45) is 1.72. The van der Waals surface area contributed by atoms with Crippen molar-refractivity contribution in [1.82, 2.24) is 0 Å². The highest BCUT2D eigenvalue weighted by molar-refractivity contribution is 5.67. The predicted molar refractivity (Wildman–Crippen MR) is 54.6 cm³/mol. The number of aliphatic carboxylic acids is 1. The number of carboxylic acids is 1. The molecule has 0 aromatic heterocycles. The van der Waals surface area contributed by atoms with E-state index in [1.165, 1.54) is 0 Å². The Morgan fingerprint density at radius 2 is 1.93 bits per heavy atom. The number of carbonyl (C=O) groups is 1. The maximum absolute atomic E-state index is 10.4. The van der Waals surface area contributed by atoms with Crippen molar-refractivity contribution in [2.24, 2.45) is 17.8 Å². The molecule has 80 valence electrons. The predicted octanol–water partition coefficient (Wildman–Crippen LogP) is 2.67. The maximum Gasteiger partial charge on any atom is 0.304 e. The van der Waals surface area contributed by atoms with Crippen LogP contribution in [0.5, 0.6) is 0 Å². The van der Waals surface area contributed by atoms with Crippen LogP contribution >= 0.6 is 0 Å². The lowest BCUT2D eigenvalue weighted by molar-refractivity contribution is -0.137. The van der Waals surface area contributed by atoms with Crippen LogP contribution in [0.1, 0.15) is 40.0 Å². The Kier molecular flexibility index (Phi) is 5.94. The molecule has 0 amide bonds. The Balaban J connectivity index is 3.93. The van der Waals surface area contributed by atoms with Crippen LogP contribution in [0.2, 0.25) is 0 Å². The third kappa shape index (κ3) is 6.47. The van der Waals surface area contributed by atoms with Crippen molar-refractivity contribution in [2.45, 2.75) is 40.0 Å². The number of hydrogen-bond acceptors (Lipinski definition) is 2. The molecule has 0 saturated heterocycles. The summed E-state index contributed by atoms with van der Waals surface area (Å²) >= 11 is 0. The van der Waals surface area contributed by atoms with E-state index in [9.17, 15) is 4.79 Å². The van der Waals surface area contributed by atoms with E-state index in [1.807, 2.05) is 0 Å². The number of carboxylic acid groups (broad SMARTS) is 1. The van der Waals surface area contributed by atoms with Gasteiger partial charge in [0.2, 0.25) is 0 Å². The van der Waals surface area contributed by atoms with Gasteiger partial charge in [-0.3, -0.25) is 4.79 Å². The van der Waals surface area contributed by atoms with E-state index in [0.29, 0.717) is 18.3 Å². The van der Waals surface area contributed by atoms with Gasteiger partial charge in [0.1, 0.15) is 0 Å². The van der Waals surface area contributed by atoms with Gasteiger partial charge in [0.25, 0.3) is 0 Å². The van der Waals surface area contributed by atoms with Crippen LogP contribution < -0.4 is 0 Å². The lowest BCUT2D eigenvalue weighted by Gasteiger charge is -2.15. The fourth-order valence-electron chi connectivity index (χ4n) is 1.78. The van der Waals surface area contributed by atoms with Gasteiger partial charge in [-0.15, -0.1) is 0 Å². The Hall–Kier alpha value is -1.04. The average Bonchev–Trinajstić information content (AvgIpc) is 2.00. The number of hydrogen-bond donors (Lipinski definition) is 1. The molecule has 0 aromatic rings. The van der Waals surface area contributed by atoms with Gasteiger partial charge < -0.3 is 5.11 Å². The summed E-state index contributed by atoms with van der Waals surface area (Å²) in [4.78, 5) is 10.4. The molecule has 0 bridgehead atoms. The largest absolute Gasteiger partial charge is 0.481 e. The summed E-state index contributed by atoms with van der Waals surface area (Å²) in [6, 6.07) is 2.06. The minimum atomic E-state index is -0.881. The van der Waals surface area contributed by atoms with E-state index < -0.39 is 5.97 Å². The Morgan fingerprint density at radius 3 is 2.29 bits per heavy atom. The standard InChI is InChI=1S/C11H19NO2/c1-8(2)4-9(3)5-10(7-12)6-11(13)14/h8-10H,4-6H2,1-3H3,(H,13,14)/t9-,10-/m1/s1. The molecule has 0 unspecified atom stereocenters. The second-order valence-corrected chi connectivity index (χ2v) is 4.39. The van der Waals surface area contributed by atoms with Gasteiger partial charge in [0, 0.05) is 0 Å². The van der Waals surface area contributed by atoms with E-state index in [0.717, 1.165) is 6.42 Å². The van der Waals surface area contributed by atoms with Crippen LogP contribution in [0.15, 0.2) is 0 Å². The molecular formula is C11H19NO2. The molecule has 3 heteroatoms. The summed E-state index contributed by atoms with van der Waals surface area (Å²) in [5.74, 6) is -0.178. The van der Waals surface area contributed by atoms with Gasteiger partial charge in [0.05, 0.1) is 18.4 Å². The summed E-state index contributed by atoms with van der Waals surface area (Å²) in [6.45, 7) is 6.34. The highest BCUT2D eigenvalue weighted by atomic mass is 16.4. The zero-order valence-corrected chi connectivity index (χ0v) is 9.16. The molecule has 1 N–H and O–H groups in total. The summed E-state index contributed by atoms with van der Waals surface area (Å²) in [5, 5.41) is 17.3. The van der Waals surface area contributed by atoms with Crippen molar-refractivity contribution >= 4 is 5.97 Å². The van der Waals surface area contributed by atoms with Crippen LogP contribution in [0.4, 0.5) is 0 Å². The lowest BCUT2D eigenvalue weighted by atomic mass is 9.89. The summed E-state index contributed by atoms with van der Waals surface area (Å²) < 4.78 is 0. The summed E-state index contributed by atoms with van der Waals surface area (Å²) in [5.41, 5.74) is 0. The molecule has 0 spiro atoms. The highest BCUT2D eigenvalue weighted by Crippen LogP contribution is 2.21. The molecule has 2 atom stereocenters. The van der Waals surface area contributed by atoms with Gasteiger partial charge in [-0.1, -0.05) is 20.8 Å². The Labute approximate surface area is 85.7 Å². The van der Waals surface area contributed by atoms with Gasteiger partial charge >= 0.3 is 5.97 Å².